The monoisotopic (exact) mass is 360 g/mol. The number of aliphatic imine (C=N–C) groups is 1. The first-order valence-corrected chi connectivity index (χ1v) is 9.60. The number of thiazole rings is 1. The van der Waals surface area contributed by atoms with E-state index in [1.54, 1.807) is 11.3 Å². The highest BCUT2D eigenvalue weighted by Gasteiger charge is 2.03. The summed E-state index contributed by atoms with van der Waals surface area (Å²) >= 11 is 1.68. The van der Waals surface area contributed by atoms with E-state index in [0.717, 1.165) is 41.9 Å². The van der Waals surface area contributed by atoms with Crippen molar-refractivity contribution in [3.05, 3.63) is 45.4 Å². The van der Waals surface area contributed by atoms with Crippen molar-refractivity contribution in [1.29, 1.82) is 0 Å². The van der Waals surface area contributed by atoms with Crippen LogP contribution in [0.2, 0.25) is 0 Å². The van der Waals surface area contributed by atoms with E-state index in [1.165, 1.54) is 11.1 Å². The van der Waals surface area contributed by atoms with Crippen molar-refractivity contribution >= 4 is 17.3 Å². The molecule has 0 aliphatic heterocycles. The minimum absolute atomic E-state index is 0.599. The van der Waals surface area contributed by atoms with Gasteiger partial charge in [-0.15, -0.1) is 11.3 Å². The van der Waals surface area contributed by atoms with E-state index in [2.05, 4.69) is 65.0 Å². The van der Waals surface area contributed by atoms with Crippen LogP contribution < -0.4 is 15.4 Å². The Morgan fingerprint density at radius 2 is 1.96 bits per heavy atom. The number of hydrogen-bond donors (Lipinski definition) is 2. The lowest BCUT2D eigenvalue weighted by Gasteiger charge is -2.14. The summed E-state index contributed by atoms with van der Waals surface area (Å²) in [5.41, 5.74) is 3.44. The fourth-order valence-electron chi connectivity index (χ4n) is 2.50. The molecule has 0 aliphatic rings. The summed E-state index contributed by atoms with van der Waals surface area (Å²) in [6.07, 6.45) is 0.861. The lowest BCUT2D eigenvalue weighted by Crippen LogP contribution is -2.39. The van der Waals surface area contributed by atoms with Gasteiger partial charge in [0.25, 0.3) is 0 Å². The largest absolute Gasteiger partial charge is 0.491 e. The number of aryl methyl sites for hydroxylation is 3. The normalized spacial score (nSPS) is 11.4. The highest BCUT2D eigenvalue weighted by Crippen LogP contribution is 2.21. The Hall–Kier alpha value is -2.08. The second-order valence-corrected chi connectivity index (χ2v) is 6.93. The SMILES string of the molecule is CCNC(=NCCc1csc(C)n1)NCCOc1c(C)cccc1C. The maximum Gasteiger partial charge on any atom is 0.191 e. The number of hydrogen-bond acceptors (Lipinski definition) is 4. The Morgan fingerprint density at radius 1 is 1.20 bits per heavy atom. The molecule has 0 saturated carbocycles. The van der Waals surface area contributed by atoms with Gasteiger partial charge in [-0.05, 0) is 38.8 Å². The number of ether oxygens (including phenoxy) is 1. The van der Waals surface area contributed by atoms with Gasteiger partial charge in [-0.1, -0.05) is 18.2 Å². The van der Waals surface area contributed by atoms with Crippen LogP contribution >= 0.6 is 11.3 Å². The summed E-state index contributed by atoms with van der Waals surface area (Å²) in [4.78, 5) is 9.07. The Morgan fingerprint density at radius 3 is 2.60 bits per heavy atom. The van der Waals surface area contributed by atoms with E-state index in [0.29, 0.717) is 13.2 Å². The average Bonchev–Trinajstić information content (AvgIpc) is 2.99. The van der Waals surface area contributed by atoms with Gasteiger partial charge in [-0.25, -0.2) is 4.98 Å². The predicted molar refractivity (Wildman–Crippen MR) is 106 cm³/mol. The van der Waals surface area contributed by atoms with Crippen molar-refractivity contribution in [2.45, 2.75) is 34.1 Å². The minimum atomic E-state index is 0.599. The van der Waals surface area contributed by atoms with Crippen LogP contribution in [-0.2, 0) is 6.42 Å². The molecule has 6 heteroatoms. The Bertz CT molecular complexity index is 676. The molecule has 1 heterocycles. The maximum atomic E-state index is 5.92. The molecule has 0 saturated heterocycles. The zero-order chi connectivity index (χ0) is 18.1. The highest BCUT2D eigenvalue weighted by atomic mass is 32.1. The maximum absolute atomic E-state index is 5.92. The standard InChI is InChI=1S/C19H28N4OS/c1-5-20-19(21-10-9-17-13-25-16(4)23-17)22-11-12-24-18-14(2)7-6-8-15(18)3/h6-8,13H,5,9-12H2,1-4H3,(H2,20,21,22). The van der Waals surface area contributed by atoms with Gasteiger partial charge in [0.05, 0.1) is 17.2 Å². The summed E-state index contributed by atoms with van der Waals surface area (Å²) < 4.78 is 5.92. The van der Waals surface area contributed by atoms with E-state index in [4.69, 9.17) is 4.74 Å². The topological polar surface area (TPSA) is 58.5 Å². The van der Waals surface area contributed by atoms with Gasteiger partial charge in [0, 0.05) is 24.9 Å². The van der Waals surface area contributed by atoms with Crippen LogP contribution in [0.15, 0.2) is 28.6 Å². The second kappa shape index (κ2) is 10.0. The number of nitrogens with one attached hydrogen (secondary N) is 2. The number of rotatable bonds is 8. The molecule has 0 fully saturated rings. The molecule has 2 rings (SSSR count). The van der Waals surface area contributed by atoms with Crippen molar-refractivity contribution in [2.24, 2.45) is 4.99 Å². The van der Waals surface area contributed by atoms with Crippen LogP contribution in [0.4, 0.5) is 0 Å². The van der Waals surface area contributed by atoms with Gasteiger partial charge < -0.3 is 15.4 Å². The molecule has 5 nitrogen and oxygen atoms in total. The second-order valence-electron chi connectivity index (χ2n) is 5.86. The van der Waals surface area contributed by atoms with Gasteiger partial charge in [-0.3, -0.25) is 4.99 Å². The van der Waals surface area contributed by atoms with Gasteiger partial charge in [-0.2, -0.15) is 0 Å². The van der Waals surface area contributed by atoms with Crippen molar-refractivity contribution in [2.75, 3.05) is 26.2 Å². The van der Waals surface area contributed by atoms with Crippen LogP contribution in [0.1, 0.15) is 28.8 Å². The molecule has 0 radical (unpaired) electrons. The number of aromatic nitrogens is 1. The summed E-state index contributed by atoms with van der Waals surface area (Å²) in [6, 6.07) is 6.19. The van der Waals surface area contributed by atoms with Crippen LogP contribution in [-0.4, -0.2) is 37.2 Å². The number of nitrogens with zero attached hydrogens (tertiary/aromatic N) is 2. The fourth-order valence-corrected chi connectivity index (χ4v) is 3.14. The first-order valence-electron chi connectivity index (χ1n) is 8.72. The van der Waals surface area contributed by atoms with Crippen LogP contribution in [0, 0.1) is 20.8 Å². The zero-order valence-corrected chi connectivity index (χ0v) is 16.4. The number of para-hydroxylation sites is 1. The molecule has 2 N–H and O–H groups in total. The molecule has 1 aromatic heterocycles. The summed E-state index contributed by atoms with van der Waals surface area (Å²) in [5.74, 6) is 1.80. The molecule has 0 amide bonds. The molecule has 0 unspecified atom stereocenters. The first kappa shape index (κ1) is 19.2. The molecule has 2 aromatic rings. The van der Waals surface area contributed by atoms with Crippen molar-refractivity contribution in [1.82, 2.24) is 15.6 Å². The van der Waals surface area contributed by atoms with E-state index in [1.807, 2.05) is 6.92 Å². The summed E-state index contributed by atoms with van der Waals surface area (Å²) in [7, 11) is 0. The third kappa shape index (κ3) is 6.38. The molecule has 0 spiro atoms. The van der Waals surface area contributed by atoms with Gasteiger partial charge in [0.15, 0.2) is 5.96 Å². The van der Waals surface area contributed by atoms with E-state index in [-0.39, 0.29) is 0 Å². The smallest absolute Gasteiger partial charge is 0.191 e. The molecule has 136 valence electrons. The third-order valence-electron chi connectivity index (χ3n) is 3.70. The van der Waals surface area contributed by atoms with Gasteiger partial charge in [0.1, 0.15) is 12.4 Å². The summed E-state index contributed by atoms with van der Waals surface area (Å²) in [6.45, 7) is 11.1. The highest BCUT2D eigenvalue weighted by molar-refractivity contribution is 7.09. The molecular weight excluding hydrogens is 332 g/mol. The average molecular weight is 361 g/mol. The Balaban J connectivity index is 1.77. The Kier molecular flexibility index (Phi) is 7.73. The number of benzene rings is 1. The minimum Gasteiger partial charge on any atom is -0.491 e. The third-order valence-corrected chi connectivity index (χ3v) is 4.52. The quantitative estimate of drug-likeness (QED) is 0.431. The molecular formula is C19H28N4OS. The number of guanidine groups is 1. The van der Waals surface area contributed by atoms with E-state index >= 15 is 0 Å². The van der Waals surface area contributed by atoms with E-state index in [9.17, 15) is 0 Å². The van der Waals surface area contributed by atoms with Crippen molar-refractivity contribution < 1.29 is 4.74 Å². The molecule has 1 aromatic carbocycles. The van der Waals surface area contributed by atoms with Gasteiger partial charge >= 0.3 is 0 Å². The van der Waals surface area contributed by atoms with Crippen LogP contribution in [0.5, 0.6) is 5.75 Å². The van der Waals surface area contributed by atoms with Crippen molar-refractivity contribution in [3.8, 4) is 5.75 Å². The van der Waals surface area contributed by atoms with Crippen LogP contribution in [0.25, 0.3) is 0 Å². The van der Waals surface area contributed by atoms with E-state index < -0.39 is 0 Å². The fraction of sp³-hybridized carbons (Fsp3) is 0.474. The lowest BCUT2D eigenvalue weighted by molar-refractivity contribution is 0.317. The molecule has 0 aliphatic carbocycles. The molecule has 25 heavy (non-hydrogen) atoms. The lowest BCUT2D eigenvalue weighted by atomic mass is 10.1. The summed E-state index contributed by atoms with van der Waals surface area (Å²) in [5, 5.41) is 9.78. The van der Waals surface area contributed by atoms with Crippen LogP contribution in [0.3, 0.4) is 0 Å². The molecule has 0 bridgehead atoms. The first-order chi connectivity index (χ1) is 12.1. The van der Waals surface area contributed by atoms with Gasteiger partial charge in [0.2, 0.25) is 0 Å². The zero-order valence-electron chi connectivity index (χ0n) is 15.6. The predicted octanol–water partition coefficient (Wildman–Crippen LogP) is 3.24. The molecule has 0 atom stereocenters. The Labute approximate surface area is 154 Å². The van der Waals surface area contributed by atoms with Crippen molar-refractivity contribution in [3.63, 3.8) is 0 Å².